The van der Waals surface area contributed by atoms with E-state index in [1.807, 2.05) is 17.9 Å². The molecule has 0 radical (unpaired) electrons. The number of aromatic nitrogens is 5. The van der Waals surface area contributed by atoms with Gasteiger partial charge in [-0.05, 0) is 33.1 Å². The van der Waals surface area contributed by atoms with Crippen molar-refractivity contribution in [1.82, 2.24) is 29.3 Å². The number of hydrogen-bond acceptors (Lipinski definition) is 4. The Balaban J connectivity index is 1.75. The molecule has 1 fully saturated rings. The fourth-order valence-corrected chi connectivity index (χ4v) is 3.60. The van der Waals surface area contributed by atoms with Gasteiger partial charge in [0.15, 0.2) is 5.65 Å². The highest BCUT2D eigenvalue weighted by Crippen LogP contribution is 2.31. The van der Waals surface area contributed by atoms with Crippen LogP contribution in [0, 0.1) is 13.8 Å². The molecule has 0 bridgehead atoms. The van der Waals surface area contributed by atoms with Crippen LogP contribution in [0.3, 0.4) is 0 Å². The van der Waals surface area contributed by atoms with Gasteiger partial charge in [0.05, 0.1) is 23.5 Å². The van der Waals surface area contributed by atoms with Gasteiger partial charge in [-0.2, -0.15) is 5.10 Å². The second-order valence-electron chi connectivity index (χ2n) is 6.95. The van der Waals surface area contributed by atoms with Gasteiger partial charge in [0.1, 0.15) is 0 Å². The smallest absolute Gasteiger partial charge is 0.275 e. The number of likely N-dealkylation sites (tertiary alicyclic amines) is 1. The van der Waals surface area contributed by atoms with E-state index in [0.29, 0.717) is 23.3 Å². The lowest BCUT2D eigenvalue weighted by molar-refractivity contribution is 0.0605. The summed E-state index contributed by atoms with van der Waals surface area (Å²) in [5.74, 6) is -0.0332. The monoisotopic (exact) mass is 354 g/mol. The topological polar surface area (TPSA) is 88.3 Å². The fraction of sp³-hybridized carbons (Fsp3) is 0.444. The van der Waals surface area contributed by atoms with Crippen LogP contribution in [0.1, 0.15) is 52.6 Å². The van der Waals surface area contributed by atoms with E-state index in [-0.39, 0.29) is 17.5 Å². The summed E-state index contributed by atoms with van der Waals surface area (Å²) in [6, 6.07) is 1.78. The van der Waals surface area contributed by atoms with E-state index in [2.05, 4.69) is 15.2 Å². The number of carbonyl (C=O) groups excluding carboxylic acids is 1. The van der Waals surface area contributed by atoms with Crippen molar-refractivity contribution in [3.05, 3.63) is 51.3 Å². The maximum Gasteiger partial charge on any atom is 0.275 e. The third-order valence-corrected chi connectivity index (χ3v) is 5.18. The summed E-state index contributed by atoms with van der Waals surface area (Å²) < 4.78 is 3.10. The van der Waals surface area contributed by atoms with Crippen molar-refractivity contribution in [1.29, 1.82) is 0 Å². The molecule has 0 saturated carbocycles. The van der Waals surface area contributed by atoms with Crippen molar-refractivity contribution in [2.24, 2.45) is 7.05 Å². The zero-order valence-electron chi connectivity index (χ0n) is 15.2. The Morgan fingerprint density at radius 2 is 2.12 bits per heavy atom. The zero-order chi connectivity index (χ0) is 18.4. The van der Waals surface area contributed by atoms with Crippen LogP contribution in [-0.2, 0) is 7.05 Å². The highest BCUT2D eigenvalue weighted by atomic mass is 16.2. The molecule has 1 amide bonds. The predicted octanol–water partition coefficient (Wildman–Crippen LogP) is 1.74. The number of aryl methyl sites for hydroxylation is 2. The molecule has 4 rings (SSSR count). The van der Waals surface area contributed by atoms with E-state index >= 15 is 0 Å². The maximum absolute atomic E-state index is 13.0. The number of rotatable bonds is 2. The van der Waals surface area contributed by atoms with E-state index in [0.717, 1.165) is 30.7 Å². The number of nitrogens with zero attached hydrogens (tertiary/aromatic N) is 5. The van der Waals surface area contributed by atoms with Crippen LogP contribution in [-0.4, -0.2) is 41.7 Å². The van der Waals surface area contributed by atoms with Crippen LogP contribution < -0.4 is 5.56 Å². The summed E-state index contributed by atoms with van der Waals surface area (Å²) in [4.78, 5) is 31.8. The van der Waals surface area contributed by atoms with Gasteiger partial charge in [-0.1, -0.05) is 0 Å². The second-order valence-corrected chi connectivity index (χ2v) is 6.95. The molecule has 8 heteroatoms. The Labute approximate surface area is 150 Å². The molecule has 136 valence electrons. The molecule has 1 unspecified atom stereocenters. The summed E-state index contributed by atoms with van der Waals surface area (Å²) in [5, 5.41) is 7.27. The summed E-state index contributed by atoms with van der Waals surface area (Å²) in [6.45, 7) is 4.30. The lowest BCUT2D eigenvalue weighted by Gasteiger charge is -2.34. The number of aromatic amines is 1. The number of nitrogens with one attached hydrogen (secondary N) is 1. The lowest BCUT2D eigenvalue weighted by atomic mass is 9.98. The van der Waals surface area contributed by atoms with Crippen LogP contribution in [0.4, 0.5) is 0 Å². The molecule has 4 heterocycles. The first-order valence-electron chi connectivity index (χ1n) is 8.84. The van der Waals surface area contributed by atoms with Crippen molar-refractivity contribution < 1.29 is 4.79 Å². The van der Waals surface area contributed by atoms with Crippen molar-refractivity contribution in [3.8, 4) is 0 Å². The minimum absolute atomic E-state index is 0.0332. The van der Waals surface area contributed by atoms with Crippen molar-refractivity contribution in [2.75, 3.05) is 6.54 Å². The quantitative estimate of drug-likeness (QED) is 0.759. The number of hydrogen-bond donors (Lipinski definition) is 1. The van der Waals surface area contributed by atoms with Crippen molar-refractivity contribution >= 4 is 11.6 Å². The van der Waals surface area contributed by atoms with E-state index in [9.17, 15) is 9.59 Å². The van der Waals surface area contributed by atoms with Crippen LogP contribution >= 0.6 is 0 Å². The predicted molar refractivity (Wildman–Crippen MR) is 96.1 cm³/mol. The first-order valence-corrected chi connectivity index (χ1v) is 8.84. The maximum atomic E-state index is 13.0. The number of carbonyl (C=O) groups is 1. The molecular formula is C18H22N6O2. The molecule has 8 nitrogen and oxygen atoms in total. The van der Waals surface area contributed by atoms with Crippen LogP contribution in [0.15, 0.2) is 23.3 Å². The molecule has 1 N–H and O–H groups in total. The Morgan fingerprint density at radius 3 is 2.85 bits per heavy atom. The Morgan fingerprint density at radius 1 is 1.31 bits per heavy atom. The molecule has 26 heavy (non-hydrogen) atoms. The third kappa shape index (κ3) is 2.61. The Kier molecular flexibility index (Phi) is 3.90. The van der Waals surface area contributed by atoms with Crippen molar-refractivity contribution in [2.45, 2.75) is 39.2 Å². The zero-order valence-corrected chi connectivity index (χ0v) is 15.2. The van der Waals surface area contributed by atoms with Gasteiger partial charge < -0.3 is 4.90 Å². The summed E-state index contributed by atoms with van der Waals surface area (Å²) in [6.07, 6.45) is 6.19. The van der Waals surface area contributed by atoms with Gasteiger partial charge >= 0.3 is 0 Å². The largest absolute Gasteiger partial charge is 0.330 e. The molecule has 1 aliphatic heterocycles. The molecular weight excluding hydrogens is 332 g/mol. The van der Waals surface area contributed by atoms with Crippen LogP contribution in [0.25, 0.3) is 5.65 Å². The second kappa shape index (κ2) is 6.12. The van der Waals surface area contributed by atoms with Crippen molar-refractivity contribution in [3.63, 3.8) is 0 Å². The standard InChI is InChI=1S/C18H22N6O2/c1-11-12(2)20-16-8-14(21-24(16)17(11)25)15-6-4-5-7-23(15)18(26)13-9-19-22(3)10-13/h8-10,15,21H,4-7H2,1-3H3. The van der Waals surface area contributed by atoms with E-state index in [1.54, 1.807) is 31.0 Å². The van der Waals surface area contributed by atoms with Gasteiger partial charge in [0.2, 0.25) is 0 Å². The molecule has 1 aliphatic rings. The normalized spacial score (nSPS) is 17.8. The van der Waals surface area contributed by atoms with Crippen LogP contribution in [0.5, 0.6) is 0 Å². The average molecular weight is 354 g/mol. The van der Waals surface area contributed by atoms with Gasteiger partial charge in [-0.25, -0.2) is 9.50 Å². The van der Waals surface area contributed by atoms with Gasteiger partial charge in [0.25, 0.3) is 11.5 Å². The average Bonchev–Trinajstić information content (AvgIpc) is 3.25. The molecule has 3 aromatic heterocycles. The summed E-state index contributed by atoms with van der Waals surface area (Å²) in [7, 11) is 1.80. The highest BCUT2D eigenvalue weighted by Gasteiger charge is 2.30. The molecule has 3 aromatic rings. The molecule has 1 atom stereocenters. The molecule has 0 aliphatic carbocycles. The number of piperidine rings is 1. The first kappa shape index (κ1) is 16.6. The van der Waals surface area contributed by atoms with E-state index < -0.39 is 0 Å². The number of H-pyrrole nitrogens is 1. The molecule has 0 aromatic carbocycles. The van der Waals surface area contributed by atoms with Gasteiger partial charge in [-0.3, -0.25) is 19.4 Å². The Hall–Kier alpha value is -2.90. The molecule has 0 spiro atoms. The lowest BCUT2D eigenvalue weighted by Crippen LogP contribution is -2.38. The van der Waals surface area contributed by atoms with E-state index in [1.165, 1.54) is 4.52 Å². The highest BCUT2D eigenvalue weighted by molar-refractivity contribution is 5.94. The summed E-state index contributed by atoms with van der Waals surface area (Å²) >= 11 is 0. The fourth-order valence-electron chi connectivity index (χ4n) is 3.60. The first-order chi connectivity index (χ1) is 12.5. The minimum atomic E-state index is -0.0989. The van der Waals surface area contributed by atoms with Gasteiger partial charge in [-0.15, -0.1) is 0 Å². The van der Waals surface area contributed by atoms with Gasteiger partial charge in [0, 0.05) is 37.1 Å². The molecule has 1 saturated heterocycles. The minimum Gasteiger partial charge on any atom is -0.330 e. The van der Waals surface area contributed by atoms with E-state index in [4.69, 9.17) is 0 Å². The third-order valence-electron chi connectivity index (χ3n) is 5.18. The SMILES string of the molecule is Cc1nc2cc(C3CCCCN3C(=O)c3cnn(C)c3)[nH]n2c(=O)c1C. The number of amides is 1. The van der Waals surface area contributed by atoms with Crippen LogP contribution in [0.2, 0.25) is 0 Å². The number of fused-ring (bicyclic) bond motifs is 1. The summed E-state index contributed by atoms with van der Waals surface area (Å²) in [5.41, 5.74) is 3.27. The Bertz CT molecular complexity index is 1040.